The molecule has 0 aromatic carbocycles. The van der Waals surface area contributed by atoms with Crippen LogP contribution in [0, 0.1) is 5.92 Å². The van der Waals surface area contributed by atoms with Crippen LogP contribution in [0.4, 0.5) is 5.82 Å². The van der Waals surface area contributed by atoms with Gasteiger partial charge in [-0.05, 0) is 42.7 Å². The molecule has 3 aromatic rings. The van der Waals surface area contributed by atoms with E-state index in [9.17, 15) is 9.59 Å². The third-order valence-electron chi connectivity index (χ3n) is 4.45. The molecule has 134 valence electrons. The van der Waals surface area contributed by atoms with E-state index in [1.165, 1.54) is 6.20 Å². The van der Waals surface area contributed by atoms with Gasteiger partial charge < -0.3 is 11.1 Å². The normalized spacial score (nSPS) is 13.2. The fourth-order valence-corrected chi connectivity index (χ4v) is 2.90. The van der Waals surface area contributed by atoms with Crippen LogP contribution >= 0.6 is 0 Å². The van der Waals surface area contributed by atoms with Crippen LogP contribution in [0.25, 0.3) is 22.3 Å². The van der Waals surface area contributed by atoms with Crippen molar-refractivity contribution in [3.8, 4) is 22.3 Å². The lowest BCUT2D eigenvalue weighted by molar-refractivity contribution is -0.117. The van der Waals surface area contributed by atoms with Gasteiger partial charge in [0.05, 0.1) is 5.56 Å². The van der Waals surface area contributed by atoms with E-state index in [2.05, 4.69) is 20.3 Å². The quantitative estimate of drug-likeness (QED) is 0.727. The average Bonchev–Trinajstić information content (AvgIpc) is 3.54. The number of aromatic nitrogens is 3. The first-order valence-electron chi connectivity index (χ1n) is 8.59. The minimum absolute atomic E-state index is 0.0122. The lowest BCUT2D eigenvalue weighted by Gasteiger charge is -2.14. The molecule has 1 aliphatic carbocycles. The van der Waals surface area contributed by atoms with Gasteiger partial charge in [0.25, 0.3) is 0 Å². The van der Waals surface area contributed by atoms with E-state index in [0.717, 1.165) is 24.0 Å². The maximum Gasteiger partial charge on any atom is 0.249 e. The van der Waals surface area contributed by atoms with E-state index in [0.29, 0.717) is 16.9 Å². The zero-order chi connectivity index (χ0) is 18.8. The Bertz CT molecular complexity index is 1020. The molecule has 3 aromatic heterocycles. The maximum atomic E-state index is 12.2. The molecular weight excluding hydrogens is 342 g/mol. The number of carbonyl (C=O) groups is 2. The molecule has 0 saturated heterocycles. The second-order valence-corrected chi connectivity index (χ2v) is 6.41. The van der Waals surface area contributed by atoms with Gasteiger partial charge in [-0.25, -0.2) is 4.98 Å². The molecule has 7 nitrogen and oxygen atoms in total. The molecule has 3 heterocycles. The predicted molar refractivity (Wildman–Crippen MR) is 101 cm³/mol. The van der Waals surface area contributed by atoms with Gasteiger partial charge in [0.2, 0.25) is 11.8 Å². The lowest BCUT2D eigenvalue weighted by atomic mass is 9.98. The number of carbonyl (C=O) groups excluding carboxylic acids is 2. The number of nitrogens with two attached hydrogens (primary N) is 1. The summed E-state index contributed by atoms with van der Waals surface area (Å²) >= 11 is 0. The van der Waals surface area contributed by atoms with Gasteiger partial charge in [-0.1, -0.05) is 0 Å². The number of anilines is 1. The van der Waals surface area contributed by atoms with E-state index in [-0.39, 0.29) is 17.4 Å². The first kappa shape index (κ1) is 16.8. The van der Waals surface area contributed by atoms with Crippen LogP contribution in [0.1, 0.15) is 23.2 Å². The summed E-state index contributed by atoms with van der Waals surface area (Å²) < 4.78 is 0. The fraction of sp³-hybridized carbons (Fsp3) is 0.150. The molecule has 27 heavy (non-hydrogen) atoms. The number of hydrogen-bond donors (Lipinski definition) is 2. The summed E-state index contributed by atoms with van der Waals surface area (Å²) in [6.45, 7) is 0. The van der Waals surface area contributed by atoms with E-state index in [1.807, 2.05) is 18.2 Å². The Morgan fingerprint density at radius 2 is 1.70 bits per heavy atom. The molecule has 3 N–H and O–H groups in total. The summed E-state index contributed by atoms with van der Waals surface area (Å²) in [5.74, 6) is -0.359. The van der Waals surface area contributed by atoms with Gasteiger partial charge >= 0.3 is 0 Å². The number of nitrogens with one attached hydrogen (secondary N) is 1. The molecule has 0 radical (unpaired) electrons. The summed E-state index contributed by atoms with van der Waals surface area (Å²) in [4.78, 5) is 36.8. The Morgan fingerprint density at radius 3 is 2.41 bits per heavy atom. The van der Waals surface area contributed by atoms with Crippen LogP contribution in [-0.2, 0) is 4.79 Å². The van der Waals surface area contributed by atoms with E-state index >= 15 is 0 Å². The van der Waals surface area contributed by atoms with Crippen LogP contribution in [0.3, 0.4) is 0 Å². The second-order valence-electron chi connectivity index (χ2n) is 6.41. The van der Waals surface area contributed by atoms with E-state index in [4.69, 9.17) is 5.73 Å². The first-order valence-corrected chi connectivity index (χ1v) is 8.59. The third kappa shape index (κ3) is 3.52. The number of amides is 2. The highest BCUT2D eigenvalue weighted by Gasteiger charge is 2.30. The van der Waals surface area contributed by atoms with Crippen LogP contribution in [0.2, 0.25) is 0 Å². The second kappa shape index (κ2) is 6.95. The highest BCUT2D eigenvalue weighted by Crippen LogP contribution is 2.34. The van der Waals surface area contributed by atoms with Crippen molar-refractivity contribution >= 4 is 17.6 Å². The summed E-state index contributed by atoms with van der Waals surface area (Å²) in [5.41, 5.74) is 8.76. The molecule has 1 saturated carbocycles. The maximum absolute atomic E-state index is 12.2. The minimum atomic E-state index is -0.594. The monoisotopic (exact) mass is 359 g/mol. The van der Waals surface area contributed by atoms with Crippen LogP contribution in [0.5, 0.6) is 0 Å². The van der Waals surface area contributed by atoms with Crippen molar-refractivity contribution in [2.24, 2.45) is 11.7 Å². The highest BCUT2D eigenvalue weighted by atomic mass is 16.2. The zero-order valence-electron chi connectivity index (χ0n) is 14.4. The SMILES string of the molecule is NC(=O)c1ccnc(NC(=O)C2CC2)c1-c1cncc(-c2ccncc2)c1. The Balaban J connectivity index is 1.82. The van der Waals surface area contributed by atoms with Crippen molar-refractivity contribution in [1.82, 2.24) is 15.0 Å². The van der Waals surface area contributed by atoms with Gasteiger partial charge in [0.1, 0.15) is 5.82 Å². The van der Waals surface area contributed by atoms with Gasteiger partial charge in [-0.15, -0.1) is 0 Å². The van der Waals surface area contributed by atoms with Gasteiger partial charge in [-0.2, -0.15) is 0 Å². The molecule has 2 amide bonds. The van der Waals surface area contributed by atoms with Crippen molar-refractivity contribution in [2.75, 3.05) is 5.32 Å². The summed E-state index contributed by atoms with van der Waals surface area (Å²) in [7, 11) is 0. The molecular formula is C20H17N5O2. The van der Waals surface area contributed by atoms with Gasteiger partial charge in [-0.3, -0.25) is 19.6 Å². The Kier molecular flexibility index (Phi) is 4.33. The number of pyridine rings is 3. The van der Waals surface area contributed by atoms with Gasteiger partial charge in [0.15, 0.2) is 0 Å². The van der Waals surface area contributed by atoms with E-state index in [1.54, 1.807) is 30.9 Å². The largest absolute Gasteiger partial charge is 0.366 e. The smallest absolute Gasteiger partial charge is 0.249 e. The Morgan fingerprint density at radius 1 is 0.963 bits per heavy atom. The summed E-state index contributed by atoms with van der Waals surface area (Å²) in [6.07, 6.45) is 9.95. The predicted octanol–water partition coefficient (Wildman–Crippen LogP) is 2.65. The molecule has 0 unspecified atom stereocenters. The zero-order valence-corrected chi connectivity index (χ0v) is 14.4. The highest BCUT2D eigenvalue weighted by molar-refractivity contribution is 6.05. The molecule has 0 aliphatic heterocycles. The van der Waals surface area contributed by atoms with Crippen LogP contribution in [-0.4, -0.2) is 26.8 Å². The Hall–Kier alpha value is -3.61. The fourth-order valence-electron chi connectivity index (χ4n) is 2.90. The van der Waals surface area contributed by atoms with Gasteiger partial charge in [0, 0.05) is 53.6 Å². The van der Waals surface area contributed by atoms with Crippen molar-refractivity contribution < 1.29 is 9.59 Å². The van der Waals surface area contributed by atoms with Crippen molar-refractivity contribution in [2.45, 2.75) is 12.8 Å². The third-order valence-corrected chi connectivity index (χ3v) is 4.45. The summed E-state index contributed by atoms with van der Waals surface area (Å²) in [6, 6.07) is 7.17. The van der Waals surface area contributed by atoms with Crippen LogP contribution < -0.4 is 11.1 Å². The van der Waals surface area contributed by atoms with Crippen molar-refractivity contribution in [3.05, 3.63) is 60.8 Å². The molecule has 7 heteroatoms. The lowest BCUT2D eigenvalue weighted by Crippen LogP contribution is -2.18. The number of rotatable bonds is 5. The first-order chi connectivity index (χ1) is 13.1. The molecule has 0 atom stereocenters. The topological polar surface area (TPSA) is 111 Å². The molecule has 1 fully saturated rings. The average molecular weight is 359 g/mol. The number of nitrogens with zero attached hydrogens (tertiary/aromatic N) is 3. The minimum Gasteiger partial charge on any atom is -0.366 e. The Labute approximate surface area is 155 Å². The molecule has 4 rings (SSSR count). The van der Waals surface area contributed by atoms with Crippen molar-refractivity contribution in [3.63, 3.8) is 0 Å². The number of hydrogen-bond acceptors (Lipinski definition) is 5. The van der Waals surface area contributed by atoms with E-state index < -0.39 is 5.91 Å². The molecule has 0 spiro atoms. The molecule has 1 aliphatic rings. The molecule has 0 bridgehead atoms. The summed E-state index contributed by atoms with van der Waals surface area (Å²) in [5, 5.41) is 2.83. The van der Waals surface area contributed by atoms with Crippen molar-refractivity contribution in [1.29, 1.82) is 0 Å². The van der Waals surface area contributed by atoms with Crippen LogP contribution in [0.15, 0.2) is 55.2 Å². The standard InChI is InChI=1S/C20H17N5O2/c21-18(26)16-5-8-24-19(25-20(27)13-1-2-13)17(16)15-9-14(10-23-11-15)12-3-6-22-7-4-12/h3-11,13H,1-2H2,(H2,21,26)(H,24,25,27). The number of primary amides is 1.